The second kappa shape index (κ2) is 7.47. The topological polar surface area (TPSA) is 17.1 Å². The third-order valence-corrected chi connectivity index (χ3v) is 4.59. The predicted molar refractivity (Wildman–Crippen MR) is 80.7 cm³/mol. The molecular weight excluding hydrogens is 232 g/mol. The van der Waals surface area contributed by atoms with Crippen molar-refractivity contribution >= 4 is 6.29 Å². The smallest absolute Gasteiger partial charge is 0.150 e. The van der Waals surface area contributed by atoms with E-state index < -0.39 is 0 Å². The average Bonchev–Trinajstić information content (AvgIpc) is 2.48. The van der Waals surface area contributed by atoms with Crippen LogP contribution in [0.15, 0.2) is 24.3 Å². The number of carbonyl (C=O) groups is 1. The number of unbranched alkanes of at least 4 members (excludes halogenated alkanes) is 2. The summed E-state index contributed by atoms with van der Waals surface area (Å²) in [7, 11) is 0. The first kappa shape index (κ1) is 14.3. The van der Waals surface area contributed by atoms with Crippen LogP contribution in [0.1, 0.15) is 80.1 Å². The molecule has 2 unspecified atom stereocenters. The van der Waals surface area contributed by atoms with Crippen LogP contribution >= 0.6 is 0 Å². The van der Waals surface area contributed by atoms with Crippen LogP contribution in [0, 0.1) is 5.92 Å². The Balaban J connectivity index is 2.02. The first-order valence-corrected chi connectivity index (χ1v) is 7.90. The minimum atomic E-state index is 0.728. The van der Waals surface area contributed by atoms with Crippen LogP contribution in [0.25, 0.3) is 0 Å². The van der Waals surface area contributed by atoms with E-state index in [1.54, 1.807) is 0 Å². The standard InChI is InChI=1S/C18H26O/c1-2-3-4-7-16-8-5-6-9-18(16)17-12-10-15(14-19)11-13-17/h10-14,16,18H,2-9H2,1H3. The van der Waals surface area contributed by atoms with Gasteiger partial charge in [0.05, 0.1) is 0 Å². The molecule has 1 aromatic carbocycles. The Kier molecular flexibility index (Phi) is 5.62. The minimum Gasteiger partial charge on any atom is -0.298 e. The van der Waals surface area contributed by atoms with Gasteiger partial charge in [-0.25, -0.2) is 0 Å². The molecule has 2 rings (SSSR count). The summed E-state index contributed by atoms with van der Waals surface area (Å²) in [6.45, 7) is 2.27. The molecule has 1 aliphatic rings. The van der Waals surface area contributed by atoms with Gasteiger partial charge in [0.15, 0.2) is 0 Å². The van der Waals surface area contributed by atoms with E-state index in [1.807, 2.05) is 12.1 Å². The molecule has 0 aromatic heterocycles. The number of hydrogen-bond acceptors (Lipinski definition) is 1. The molecule has 0 aliphatic heterocycles. The maximum absolute atomic E-state index is 10.7. The van der Waals surface area contributed by atoms with Crippen molar-refractivity contribution in [3.63, 3.8) is 0 Å². The molecule has 0 radical (unpaired) electrons. The lowest BCUT2D eigenvalue weighted by molar-refractivity contribution is 0.112. The van der Waals surface area contributed by atoms with E-state index >= 15 is 0 Å². The molecule has 2 atom stereocenters. The highest BCUT2D eigenvalue weighted by molar-refractivity contribution is 5.74. The maximum Gasteiger partial charge on any atom is 0.150 e. The molecule has 0 amide bonds. The molecule has 0 heterocycles. The summed E-state index contributed by atoms with van der Waals surface area (Å²) >= 11 is 0. The van der Waals surface area contributed by atoms with Gasteiger partial charge in [0, 0.05) is 5.56 Å². The van der Waals surface area contributed by atoms with Gasteiger partial charge in [-0.1, -0.05) is 63.3 Å². The second-order valence-electron chi connectivity index (χ2n) is 5.93. The van der Waals surface area contributed by atoms with E-state index in [1.165, 1.54) is 56.9 Å². The summed E-state index contributed by atoms with van der Waals surface area (Å²) in [6.07, 6.45) is 11.9. The zero-order valence-corrected chi connectivity index (χ0v) is 12.1. The molecule has 0 N–H and O–H groups in total. The van der Waals surface area contributed by atoms with Crippen molar-refractivity contribution in [2.24, 2.45) is 5.92 Å². The number of benzene rings is 1. The quantitative estimate of drug-likeness (QED) is 0.496. The zero-order valence-electron chi connectivity index (χ0n) is 12.1. The fourth-order valence-electron chi connectivity index (χ4n) is 3.47. The molecule has 0 saturated heterocycles. The summed E-state index contributed by atoms with van der Waals surface area (Å²) in [5.41, 5.74) is 2.24. The molecular formula is C18H26O. The Bertz CT molecular complexity index is 379. The molecule has 0 bridgehead atoms. The van der Waals surface area contributed by atoms with Crippen LogP contribution in [0.2, 0.25) is 0 Å². The van der Waals surface area contributed by atoms with E-state index in [-0.39, 0.29) is 0 Å². The van der Waals surface area contributed by atoms with Gasteiger partial charge in [0.2, 0.25) is 0 Å². The molecule has 1 heteroatoms. The SMILES string of the molecule is CCCCCC1CCCCC1c1ccc(C=O)cc1. The van der Waals surface area contributed by atoms with Gasteiger partial charge in [-0.2, -0.15) is 0 Å². The van der Waals surface area contributed by atoms with Gasteiger partial charge in [0.25, 0.3) is 0 Å². The van der Waals surface area contributed by atoms with Crippen molar-refractivity contribution in [3.05, 3.63) is 35.4 Å². The van der Waals surface area contributed by atoms with Gasteiger partial charge in [-0.05, 0) is 36.7 Å². The number of aldehydes is 1. The van der Waals surface area contributed by atoms with Crippen LogP contribution in [0.3, 0.4) is 0 Å². The minimum absolute atomic E-state index is 0.728. The Labute approximate surface area is 117 Å². The lowest BCUT2D eigenvalue weighted by Crippen LogP contribution is -2.17. The summed E-state index contributed by atoms with van der Waals surface area (Å²) in [5, 5.41) is 0. The Hall–Kier alpha value is -1.11. The van der Waals surface area contributed by atoms with E-state index in [4.69, 9.17) is 0 Å². The molecule has 1 aromatic rings. The van der Waals surface area contributed by atoms with Crippen LogP contribution in [0.4, 0.5) is 0 Å². The van der Waals surface area contributed by atoms with Gasteiger partial charge in [-0.15, -0.1) is 0 Å². The summed E-state index contributed by atoms with van der Waals surface area (Å²) in [4.78, 5) is 10.7. The number of carbonyl (C=O) groups excluding carboxylic acids is 1. The van der Waals surface area contributed by atoms with E-state index in [9.17, 15) is 4.79 Å². The monoisotopic (exact) mass is 258 g/mol. The lowest BCUT2D eigenvalue weighted by Gasteiger charge is -2.32. The van der Waals surface area contributed by atoms with Gasteiger partial charge in [0.1, 0.15) is 6.29 Å². The Morgan fingerprint density at radius 1 is 1.11 bits per heavy atom. The van der Waals surface area contributed by atoms with Crippen LogP contribution in [-0.2, 0) is 0 Å². The normalized spacial score (nSPS) is 23.2. The van der Waals surface area contributed by atoms with Crippen molar-refractivity contribution in [3.8, 4) is 0 Å². The highest BCUT2D eigenvalue weighted by Crippen LogP contribution is 2.40. The van der Waals surface area contributed by atoms with Gasteiger partial charge < -0.3 is 0 Å². The maximum atomic E-state index is 10.7. The van der Waals surface area contributed by atoms with Crippen molar-refractivity contribution < 1.29 is 4.79 Å². The van der Waals surface area contributed by atoms with Gasteiger partial charge >= 0.3 is 0 Å². The molecule has 0 spiro atoms. The highest BCUT2D eigenvalue weighted by Gasteiger charge is 2.25. The average molecular weight is 258 g/mol. The lowest BCUT2D eigenvalue weighted by atomic mass is 9.73. The summed E-state index contributed by atoms with van der Waals surface area (Å²) < 4.78 is 0. The highest BCUT2D eigenvalue weighted by atomic mass is 16.1. The number of hydrogen-bond donors (Lipinski definition) is 0. The molecule has 1 saturated carbocycles. The predicted octanol–water partition coefficient (Wildman–Crippen LogP) is 5.35. The molecule has 1 fully saturated rings. The van der Waals surface area contributed by atoms with E-state index in [0.29, 0.717) is 0 Å². The molecule has 19 heavy (non-hydrogen) atoms. The molecule has 1 nitrogen and oxygen atoms in total. The molecule has 104 valence electrons. The third-order valence-electron chi connectivity index (χ3n) is 4.59. The van der Waals surface area contributed by atoms with Gasteiger partial charge in [-0.3, -0.25) is 4.79 Å². The first-order chi connectivity index (χ1) is 9.35. The van der Waals surface area contributed by atoms with Crippen LogP contribution < -0.4 is 0 Å². The van der Waals surface area contributed by atoms with Crippen molar-refractivity contribution in [1.82, 2.24) is 0 Å². The Morgan fingerprint density at radius 2 is 1.84 bits per heavy atom. The van der Waals surface area contributed by atoms with Crippen molar-refractivity contribution in [2.75, 3.05) is 0 Å². The van der Waals surface area contributed by atoms with Crippen LogP contribution in [-0.4, -0.2) is 6.29 Å². The van der Waals surface area contributed by atoms with Crippen molar-refractivity contribution in [1.29, 1.82) is 0 Å². The Morgan fingerprint density at radius 3 is 2.53 bits per heavy atom. The largest absolute Gasteiger partial charge is 0.298 e. The fraction of sp³-hybridized carbons (Fsp3) is 0.611. The zero-order chi connectivity index (χ0) is 13.5. The third kappa shape index (κ3) is 3.92. The summed E-state index contributed by atoms with van der Waals surface area (Å²) in [5.74, 6) is 1.59. The van der Waals surface area contributed by atoms with Crippen molar-refractivity contribution in [2.45, 2.75) is 64.2 Å². The molecule has 1 aliphatic carbocycles. The van der Waals surface area contributed by atoms with Crippen LogP contribution in [0.5, 0.6) is 0 Å². The first-order valence-electron chi connectivity index (χ1n) is 7.90. The van der Waals surface area contributed by atoms with E-state index in [2.05, 4.69) is 19.1 Å². The number of rotatable bonds is 6. The summed E-state index contributed by atoms with van der Waals surface area (Å²) in [6, 6.07) is 8.29. The second-order valence-corrected chi connectivity index (χ2v) is 5.93. The fourth-order valence-corrected chi connectivity index (χ4v) is 3.47. The van der Waals surface area contributed by atoms with E-state index in [0.717, 1.165) is 23.7 Å².